The van der Waals surface area contributed by atoms with Gasteiger partial charge in [0.2, 0.25) is 0 Å². The summed E-state index contributed by atoms with van der Waals surface area (Å²) < 4.78 is 97.3. The van der Waals surface area contributed by atoms with E-state index in [0.29, 0.717) is 11.3 Å². The molecule has 0 aromatic carbocycles. The summed E-state index contributed by atoms with van der Waals surface area (Å²) in [7, 11) is -6.02. The average molecular weight is 497 g/mol. The first kappa shape index (κ1) is 24.0. The molecule has 0 saturated heterocycles. The third kappa shape index (κ3) is 3.30. The minimum absolute atomic E-state index is 0.133. The van der Waals surface area contributed by atoms with Gasteiger partial charge < -0.3 is 0 Å². The lowest BCUT2D eigenvalue weighted by Crippen LogP contribution is -2.60. The highest BCUT2D eigenvalue weighted by molar-refractivity contribution is 7.87. The van der Waals surface area contributed by atoms with Crippen molar-refractivity contribution in [3.05, 3.63) is 11.7 Å². The molecule has 188 valence electrons. The second kappa shape index (κ2) is 7.40. The van der Waals surface area contributed by atoms with Crippen molar-refractivity contribution in [3.63, 3.8) is 0 Å². The molecule has 3 nitrogen and oxygen atoms in total. The SMILES string of the molecule is CC1CCC(C23CCC(C45CCC(OS(=O)(=O)C(F)(F)F)(CC4)C(F)=C5F)(CC2)CC3)CC1. The van der Waals surface area contributed by atoms with Gasteiger partial charge in [-0.05, 0) is 99.7 Å². The lowest BCUT2D eigenvalue weighted by Gasteiger charge is -2.66. The molecule has 0 aromatic rings. The molecule has 0 atom stereocenters. The number of halogens is 5. The van der Waals surface area contributed by atoms with Crippen LogP contribution < -0.4 is 0 Å². The van der Waals surface area contributed by atoms with Gasteiger partial charge in [-0.2, -0.15) is 21.6 Å². The molecule has 33 heavy (non-hydrogen) atoms. The van der Waals surface area contributed by atoms with Gasteiger partial charge in [-0.15, -0.1) is 0 Å². The molecule has 0 amide bonds. The van der Waals surface area contributed by atoms with Gasteiger partial charge in [-0.25, -0.2) is 13.0 Å². The van der Waals surface area contributed by atoms with Crippen LogP contribution >= 0.6 is 0 Å². The Morgan fingerprint density at radius 3 is 1.79 bits per heavy atom. The van der Waals surface area contributed by atoms with E-state index in [-0.39, 0.29) is 25.7 Å². The minimum Gasteiger partial charge on any atom is -0.249 e. The van der Waals surface area contributed by atoms with Crippen LogP contribution in [0.15, 0.2) is 11.7 Å². The molecule has 0 spiro atoms. The van der Waals surface area contributed by atoms with E-state index in [1.807, 2.05) is 0 Å². The number of rotatable bonds is 4. The highest BCUT2D eigenvalue weighted by Gasteiger charge is 2.68. The van der Waals surface area contributed by atoms with E-state index in [0.717, 1.165) is 44.4 Å². The molecule has 0 N–H and O–H groups in total. The molecular weight excluding hydrogens is 463 g/mol. The zero-order chi connectivity index (χ0) is 23.9. The summed E-state index contributed by atoms with van der Waals surface area (Å²) in [5, 5.41) is 0. The van der Waals surface area contributed by atoms with Crippen LogP contribution in [-0.4, -0.2) is 19.5 Å². The first-order chi connectivity index (χ1) is 15.3. The minimum atomic E-state index is -6.02. The molecule has 0 radical (unpaired) electrons. The van der Waals surface area contributed by atoms with Crippen LogP contribution in [0.4, 0.5) is 22.0 Å². The summed E-state index contributed by atoms with van der Waals surface area (Å²) in [6.45, 7) is 2.30. The van der Waals surface area contributed by atoms with E-state index in [4.69, 9.17) is 0 Å². The largest absolute Gasteiger partial charge is 0.523 e. The van der Waals surface area contributed by atoms with E-state index in [2.05, 4.69) is 11.1 Å². The smallest absolute Gasteiger partial charge is 0.249 e. The number of alkyl halides is 3. The summed E-state index contributed by atoms with van der Waals surface area (Å²) in [5.41, 5.74) is -9.17. The van der Waals surface area contributed by atoms with E-state index in [1.165, 1.54) is 25.7 Å². The van der Waals surface area contributed by atoms with E-state index in [9.17, 15) is 21.6 Å². The molecule has 7 rings (SSSR count). The molecule has 7 aliphatic carbocycles. The molecule has 0 aliphatic heterocycles. The lowest BCUT2D eigenvalue weighted by molar-refractivity contribution is -0.158. The first-order valence-electron chi connectivity index (χ1n) is 12.4. The van der Waals surface area contributed by atoms with Crippen molar-refractivity contribution in [1.82, 2.24) is 0 Å². The van der Waals surface area contributed by atoms with E-state index in [1.54, 1.807) is 0 Å². The Kier molecular flexibility index (Phi) is 5.39. The van der Waals surface area contributed by atoms with Gasteiger partial charge in [0.25, 0.3) is 0 Å². The average Bonchev–Trinajstić information content (AvgIpc) is 2.78. The Bertz CT molecular complexity index is 913. The number of hydrogen-bond donors (Lipinski definition) is 0. The molecule has 4 bridgehead atoms. The Balaban J connectivity index is 1.40. The van der Waals surface area contributed by atoms with E-state index >= 15 is 8.78 Å². The molecule has 0 aromatic heterocycles. The van der Waals surface area contributed by atoms with Gasteiger partial charge >= 0.3 is 15.6 Å². The summed E-state index contributed by atoms with van der Waals surface area (Å²) in [6.07, 6.45) is 10.3. The fourth-order valence-corrected chi connectivity index (χ4v) is 9.24. The topological polar surface area (TPSA) is 43.4 Å². The number of hydrogen-bond acceptors (Lipinski definition) is 3. The molecule has 9 heteroatoms. The first-order valence-corrected chi connectivity index (χ1v) is 13.8. The van der Waals surface area contributed by atoms with Crippen LogP contribution in [0, 0.1) is 28.1 Å². The molecule has 0 heterocycles. The molecule has 5 fully saturated rings. The summed E-state index contributed by atoms with van der Waals surface area (Å²) in [5.74, 6) is -0.991. The quantitative estimate of drug-likeness (QED) is 0.230. The number of allylic oxidation sites excluding steroid dienone is 1. The van der Waals surface area contributed by atoms with Crippen molar-refractivity contribution in [2.24, 2.45) is 28.1 Å². The summed E-state index contributed by atoms with van der Waals surface area (Å²) in [4.78, 5) is 0. The maximum atomic E-state index is 15.7. The lowest BCUT2D eigenvalue weighted by atomic mass is 9.39. The monoisotopic (exact) mass is 496 g/mol. The predicted molar refractivity (Wildman–Crippen MR) is 113 cm³/mol. The van der Waals surface area contributed by atoms with Crippen LogP contribution in [0.5, 0.6) is 0 Å². The molecular formula is C24H33F5O3S. The second-order valence-electron chi connectivity index (χ2n) is 11.8. The van der Waals surface area contributed by atoms with Crippen LogP contribution in [-0.2, 0) is 14.3 Å². The van der Waals surface area contributed by atoms with Crippen molar-refractivity contribution in [3.8, 4) is 0 Å². The standard InChI is InChI=1S/C24H33F5O3S/c1-16-2-4-17(5-3-16)20-6-9-21(10-7-20,11-8-20)22-12-14-23(15-13-22,19(26)18(22)25)32-33(30,31)24(27,28)29/h16-17H,2-15H2,1H3. The Labute approximate surface area is 192 Å². The van der Waals surface area contributed by atoms with Crippen LogP contribution in [0.1, 0.15) is 96.8 Å². The summed E-state index contributed by atoms with van der Waals surface area (Å²) >= 11 is 0. The molecule has 7 aliphatic rings. The van der Waals surface area contributed by atoms with Gasteiger partial charge in [0.15, 0.2) is 5.83 Å². The second-order valence-corrected chi connectivity index (χ2v) is 13.3. The zero-order valence-electron chi connectivity index (χ0n) is 19.1. The maximum absolute atomic E-state index is 15.7. The van der Waals surface area contributed by atoms with Crippen LogP contribution in [0.2, 0.25) is 0 Å². The van der Waals surface area contributed by atoms with E-state index < -0.39 is 43.7 Å². The highest BCUT2D eigenvalue weighted by atomic mass is 32.2. The fourth-order valence-electron chi connectivity index (χ4n) is 8.49. The Morgan fingerprint density at radius 2 is 1.30 bits per heavy atom. The molecule has 0 unspecified atom stereocenters. The third-order valence-electron chi connectivity index (χ3n) is 10.7. The van der Waals surface area contributed by atoms with Crippen molar-refractivity contribution in [1.29, 1.82) is 0 Å². The Morgan fingerprint density at radius 1 is 0.788 bits per heavy atom. The highest BCUT2D eigenvalue weighted by Crippen LogP contribution is 2.74. The van der Waals surface area contributed by atoms with Gasteiger partial charge in [0.05, 0.1) is 0 Å². The predicted octanol–water partition coefficient (Wildman–Crippen LogP) is 7.48. The van der Waals surface area contributed by atoms with Gasteiger partial charge in [0, 0.05) is 5.41 Å². The van der Waals surface area contributed by atoms with Crippen molar-refractivity contribution in [2.75, 3.05) is 0 Å². The zero-order valence-corrected chi connectivity index (χ0v) is 19.9. The molecule has 5 saturated carbocycles. The van der Waals surface area contributed by atoms with Crippen LogP contribution in [0.3, 0.4) is 0 Å². The Hall–Kier alpha value is -0.700. The van der Waals surface area contributed by atoms with Crippen LogP contribution in [0.25, 0.3) is 0 Å². The normalized spacial score (nSPS) is 46.1. The summed E-state index contributed by atoms with van der Waals surface area (Å²) in [6, 6.07) is 0. The van der Waals surface area contributed by atoms with Gasteiger partial charge in [0.1, 0.15) is 11.4 Å². The fraction of sp³-hybridized carbons (Fsp3) is 0.917. The van der Waals surface area contributed by atoms with Crippen molar-refractivity contribution < 1.29 is 34.6 Å². The van der Waals surface area contributed by atoms with Gasteiger partial charge in [-0.3, -0.25) is 0 Å². The maximum Gasteiger partial charge on any atom is 0.523 e. The number of fused-ring (bicyclic) bond motifs is 5. The van der Waals surface area contributed by atoms with Gasteiger partial charge in [-0.1, -0.05) is 19.8 Å². The van der Waals surface area contributed by atoms with Crippen molar-refractivity contribution in [2.45, 2.75) is 108 Å². The van der Waals surface area contributed by atoms with Crippen molar-refractivity contribution >= 4 is 10.1 Å². The third-order valence-corrected chi connectivity index (χ3v) is 11.8.